The highest BCUT2D eigenvalue weighted by atomic mass is 16.5. The molecule has 3 aliphatic rings. The molecule has 0 unspecified atom stereocenters. The van der Waals surface area contributed by atoms with E-state index in [0.717, 1.165) is 37.0 Å². The Kier molecular flexibility index (Phi) is 4.18. The first kappa shape index (κ1) is 17.3. The van der Waals surface area contributed by atoms with Gasteiger partial charge in [-0.1, -0.05) is 25.0 Å². The molecule has 0 bridgehead atoms. The van der Waals surface area contributed by atoms with Crippen molar-refractivity contribution in [3.63, 3.8) is 0 Å². The van der Waals surface area contributed by atoms with Crippen LogP contribution in [-0.4, -0.2) is 55.3 Å². The van der Waals surface area contributed by atoms with E-state index in [1.165, 1.54) is 0 Å². The Labute approximate surface area is 153 Å². The summed E-state index contributed by atoms with van der Waals surface area (Å²) in [6.07, 6.45) is 3.66. The van der Waals surface area contributed by atoms with Gasteiger partial charge in [0.2, 0.25) is 5.91 Å². The SMILES string of the molecule is COc1ccc(C2(C(=O)N3C[C@@H]4COC[C@]4(C(=O)O)C3)CCCC2)cc1. The number of benzene rings is 1. The molecular weight excluding hydrogens is 334 g/mol. The predicted octanol–water partition coefficient (Wildman–Crippen LogP) is 2.07. The van der Waals surface area contributed by atoms with Crippen LogP contribution in [0.2, 0.25) is 0 Å². The molecule has 1 aromatic carbocycles. The molecule has 0 spiro atoms. The van der Waals surface area contributed by atoms with Crippen LogP contribution >= 0.6 is 0 Å². The molecule has 2 aliphatic heterocycles. The summed E-state index contributed by atoms with van der Waals surface area (Å²) in [6.45, 7) is 1.35. The predicted molar refractivity (Wildman–Crippen MR) is 94.1 cm³/mol. The van der Waals surface area contributed by atoms with E-state index in [4.69, 9.17) is 9.47 Å². The lowest BCUT2D eigenvalue weighted by atomic mass is 9.77. The number of hydrogen-bond acceptors (Lipinski definition) is 4. The summed E-state index contributed by atoms with van der Waals surface area (Å²) in [5.74, 6) is -0.110. The molecule has 1 aliphatic carbocycles. The fourth-order valence-corrected chi connectivity index (χ4v) is 5.01. The number of nitrogens with zero attached hydrogens (tertiary/aromatic N) is 1. The summed E-state index contributed by atoms with van der Waals surface area (Å²) in [4.78, 5) is 27.3. The zero-order valence-electron chi connectivity index (χ0n) is 15.1. The topological polar surface area (TPSA) is 76.1 Å². The van der Waals surface area contributed by atoms with Gasteiger partial charge in [0.1, 0.15) is 11.2 Å². The molecule has 6 heteroatoms. The highest BCUT2D eigenvalue weighted by Crippen LogP contribution is 2.47. The second-order valence-corrected chi connectivity index (χ2v) is 7.88. The molecule has 0 aromatic heterocycles. The van der Waals surface area contributed by atoms with Crippen LogP contribution in [0.25, 0.3) is 0 Å². The molecule has 140 valence electrons. The van der Waals surface area contributed by atoms with E-state index in [0.29, 0.717) is 13.2 Å². The van der Waals surface area contributed by atoms with E-state index in [-0.39, 0.29) is 25.0 Å². The number of carbonyl (C=O) groups excluding carboxylic acids is 1. The van der Waals surface area contributed by atoms with Gasteiger partial charge in [-0.25, -0.2) is 0 Å². The maximum Gasteiger partial charge on any atom is 0.314 e. The van der Waals surface area contributed by atoms with Crippen molar-refractivity contribution in [1.29, 1.82) is 0 Å². The summed E-state index contributed by atoms with van der Waals surface area (Å²) in [5, 5.41) is 9.75. The number of carboxylic acid groups (broad SMARTS) is 1. The van der Waals surface area contributed by atoms with E-state index in [1.54, 1.807) is 12.0 Å². The molecule has 2 saturated heterocycles. The van der Waals surface area contributed by atoms with Crippen LogP contribution in [0, 0.1) is 11.3 Å². The lowest BCUT2D eigenvalue weighted by Gasteiger charge is -2.34. The van der Waals surface area contributed by atoms with E-state index in [9.17, 15) is 14.7 Å². The van der Waals surface area contributed by atoms with Gasteiger partial charge >= 0.3 is 5.97 Å². The second kappa shape index (κ2) is 6.27. The van der Waals surface area contributed by atoms with Gasteiger partial charge in [0.25, 0.3) is 0 Å². The number of carbonyl (C=O) groups is 2. The number of amides is 1. The quantitative estimate of drug-likeness (QED) is 0.891. The third-order valence-electron chi connectivity index (χ3n) is 6.60. The van der Waals surface area contributed by atoms with Crippen LogP contribution in [0.1, 0.15) is 31.2 Å². The lowest BCUT2D eigenvalue weighted by molar-refractivity contribution is -0.150. The van der Waals surface area contributed by atoms with Crippen molar-refractivity contribution < 1.29 is 24.2 Å². The van der Waals surface area contributed by atoms with Gasteiger partial charge in [-0.3, -0.25) is 9.59 Å². The Bertz CT molecular complexity index is 709. The van der Waals surface area contributed by atoms with Gasteiger partial charge in [0.15, 0.2) is 0 Å². The molecular formula is C20H25NO5. The van der Waals surface area contributed by atoms with E-state index < -0.39 is 16.8 Å². The van der Waals surface area contributed by atoms with Crippen LogP contribution in [0.5, 0.6) is 5.75 Å². The monoisotopic (exact) mass is 359 g/mol. The van der Waals surface area contributed by atoms with Crippen molar-refractivity contribution in [3.05, 3.63) is 29.8 Å². The second-order valence-electron chi connectivity index (χ2n) is 7.88. The number of ether oxygens (including phenoxy) is 2. The number of likely N-dealkylation sites (tertiary alicyclic amines) is 1. The Balaban J connectivity index is 1.63. The van der Waals surface area contributed by atoms with Crippen molar-refractivity contribution in [2.24, 2.45) is 11.3 Å². The Morgan fingerprint density at radius 3 is 2.50 bits per heavy atom. The van der Waals surface area contributed by atoms with Crippen molar-refractivity contribution in [2.75, 3.05) is 33.4 Å². The fourth-order valence-electron chi connectivity index (χ4n) is 5.01. The molecule has 26 heavy (non-hydrogen) atoms. The van der Waals surface area contributed by atoms with Crippen LogP contribution in [0.15, 0.2) is 24.3 Å². The van der Waals surface area contributed by atoms with Gasteiger partial charge < -0.3 is 19.5 Å². The van der Waals surface area contributed by atoms with Crippen molar-refractivity contribution >= 4 is 11.9 Å². The van der Waals surface area contributed by atoms with Crippen LogP contribution in [0.3, 0.4) is 0 Å². The third-order valence-corrected chi connectivity index (χ3v) is 6.60. The van der Waals surface area contributed by atoms with Gasteiger partial charge in [-0.15, -0.1) is 0 Å². The maximum absolute atomic E-state index is 13.6. The van der Waals surface area contributed by atoms with Crippen LogP contribution < -0.4 is 4.74 Å². The summed E-state index contributed by atoms with van der Waals surface area (Å²) in [6, 6.07) is 7.76. The first-order valence-electron chi connectivity index (χ1n) is 9.27. The van der Waals surface area contributed by atoms with Crippen molar-refractivity contribution in [2.45, 2.75) is 31.1 Å². The molecule has 6 nitrogen and oxygen atoms in total. The number of carboxylic acids is 1. The summed E-state index contributed by atoms with van der Waals surface area (Å²) < 4.78 is 10.7. The molecule has 1 amide bonds. The van der Waals surface area contributed by atoms with Gasteiger partial charge in [-0.2, -0.15) is 0 Å². The van der Waals surface area contributed by atoms with Crippen LogP contribution in [0.4, 0.5) is 0 Å². The van der Waals surface area contributed by atoms with Crippen molar-refractivity contribution in [3.8, 4) is 5.75 Å². The standard InChI is InChI=1S/C20H25NO5/c1-25-16-6-4-14(5-7-16)19(8-2-3-9-19)17(22)21-10-15-11-26-13-20(15,12-21)18(23)24/h4-7,15H,2-3,8-13H2,1H3,(H,23,24)/t15-,20-/m1/s1. The Hall–Kier alpha value is -2.08. The smallest absolute Gasteiger partial charge is 0.314 e. The lowest BCUT2D eigenvalue weighted by Crippen LogP contribution is -2.46. The Morgan fingerprint density at radius 1 is 1.23 bits per heavy atom. The van der Waals surface area contributed by atoms with Gasteiger partial charge in [0.05, 0.1) is 25.7 Å². The average molecular weight is 359 g/mol. The molecule has 2 atom stereocenters. The zero-order valence-corrected chi connectivity index (χ0v) is 15.1. The van der Waals surface area contributed by atoms with Crippen LogP contribution in [-0.2, 0) is 19.7 Å². The number of rotatable bonds is 4. The van der Waals surface area contributed by atoms with Gasteiger partial charge in [0, 0.05) is 19.0 Å². The van der Waals surface area contributed by atoms with E-state index in [2.05, 4.69) is 0 Å². The third kappa shape index (κ3) is 2.42. The zero-order chi connectivity index (χ0) is 18.4. The largest absolute Gasteiger partial charge is 0.497 e. The minimum absolute atomic E-state index is 0.0789. The summed E-state index contributed by atoms with van der Waals surface area (Å²) >= 11 is 0. The molecule has 2 heterocycles. The Morgan fingerprint density at radius 2 is 1.92 bits per heavy atom. The molecule has 1 N–H and O–H groups in total. The number of methoxy groups -OCH3 is 1. The van der Waals surface area contributed by atoms with E-state index >= 15 is 0 Å². The first-order chi connectivity index (χ1) is 12.5. The number of fused-ring (bicyclic) bond motifs is 1. The minimum atomic E-state index is -0.935. The number of hydrogen-bond donors (Lipinski definition) is 1. The molecule has 4 rings (SSSR count). The first-order valence-corrected chi connectivity index (χ1v) is 9.27. The average Bonchev–Trinajstić information content (AvgIpc) is 3.35. The minimum Gasteiger partial charge on any atom is -0.497 e. The fraction of sp³-hybridized carbons (Fsp3) is 0.600. The van der Waals surface area contributed by atoms with Crippen molar-refractivity contribution in [1.82, 2.24) is 4.90 Å². The molecule has 1 aromatic rings. The maximum atomic E-state index is 13.6. The molecule has 3 fully saturated rings. The van der Waals surface area contributed by atoms with Gasteiger partial charge in [-0.05, 0) is 30.5 Å². The number of aliphatic carboxylic acids is 1. The molecule has 1 saturated carbocycles. The summed E-state index contributed by atoms with van der Waals surface area (Å²) in [5.41, 5.74) is -0.459. The normalized spacial score (nSPS) is 29.6. The van der Waals surface area contributed by atoms with E-state index in [1.807, 2.05) is 24.3 Å². The summed E-state index contributed by atoms with van der Waals surface area (Å²) in [7, 11) is 1.63. The highest BCUT2D eigenvalue weighted by molar-refractivity contribution is 5.90. The molecule has 0 radical (unpaired) electrons. The highest BCUT2D eigenvalue weighted by Gasteiger charge is 2.59.